The fourth-order valence-corrected chi connectivity index (χ4v) is 3.72. The van der Waals surface area contributed by atoms with Crippen LogP contribution in [0.15, 0.2) is 6.20 Å². The Hall–Kier alpha value is -0.870. The second kappa shape index (κ2) is 6.27. The minimum Gasteiger partial charge on any atom is -0.396 e. The molecular weight excluding hydrogens is 250 g/mol. The van der Waals surface area contributed by atoms with Gasteiger partial charge < -0.3 is 14.6 Å². The molecule has 1 fully saturated rings. The van der Waals surface area contributed by atoms with Crippen LogP contribution in [0.4, 0.5) is 0 Å². The van der Waals surface area contributed by atoms with Crippen LogP contribution in [-0.4, -0.2) is 45.8 Å². The molecule has 0 saturated carbocycles. The van der Waals surface area contributed by atoms with Crippen LogP contribution < -0.4 is 0 Å². The van der Waals surface area contributed by atoms with Gasteiger partial charge in [0.05, 0.1) is 5.69 Å². The van der Waals surface area contributed by atoms with Crippen molar-refractivity contribution in [2.75, 3.05) is 26.2 Å². The Morgan fingerprint density at radius 2 is 2.20 bits per heavy atom. The van der Waals surface area contributed by atoms with Crippen LogP contribution in [0.1, 0.15) is 37.7 Å². The highest BCUT2D eigenvalue weighted by molar-refractivity contribution is 5.08. The van der Waals surface area contributed by atoms with Crippen molar-refractivity contribution in [3.05, 3.63) is 17.7 Å². The zero-order valence-corrected chi connectivity index (χ0v) is 12.6. The Balaban J connectivity index is 1.62. The minimum absolute atomic E-state index is 0.307. The van der Waals surface area contributed by atoms with Crippen LogP contribution in [0.5, 0.6) is 0 Å². The molecule has 1 saturated heterocycles. The van der Waals surface area contributed by atoms with E-state index in [1.807, 2.05) is 0 Å². The summed E-state index contributed by atoms with van der Waals surface area (Å²) < 4.78 is 2.28. The molecule has 2 aliphatic heterocycles. The maximum absolute atomic E-state index is 9.30. The molecule has 20 heavy (non-hydrogen) atoms. The first kappa shape index (κ1) is 14.1. The van der Waals surface area contributed by atoms with E-state index in [1.165, 1.54) is 44.0 Å². The number of hydrogen-bond acceptors (Lipinski definition) is 3. The molecule has 112 valence electrons. The van der Waals surface area contributed by atoms with Gasteiger partial charge in [-0.15, -0.1) is 0 Å². The van der Waals surface area contributed by atoms with Gasteiger partial charge in [-0.3, -0.25) is 0 Å². The highest BCUT2D eigenvalue weighted by Gasteiger charge is 2.23. The third-order valence-electron chi connectivity index (χ3n) is 4.95. The molecule has 2 aliphatic rings. The summed E-state index contributed by atoms with van der Waals surface area (Å²) in [6.07, 6.45) is 8.15. The van der Waals surface area contributed by atoms with Gasteiger partial charge in [0.1, 0.15) is 5.82 Å². The lowest BCUT2D eigenvalue weighted by molar-refractivity contribution is 0.181. The zero-order chi connectivity index (χ0) is 13.9. The third kappa shape index (κ3) is 3.07. The van der Waals surface area contributed by atoms with E-state index < -0.39 is 0 Å². The largest absolute Gasteiger partial charge is 0.396 e. The maximum Gasteiger partial charge on any atom is 0.108 e. The number of likely N-dealkylation sites (tertiary alicyclic amines) is 1. The standard InChI is InChI=1S/C16H27N3O/c1-2-18-7-3-4-13(9-18)8-15-11-19-10-14(12-20)5-6-16(19)17-15/h11,13-14,20H,2-10,12H2,1H3. The number of fused-ring (bicyclic) bond motifs is 1. The average Bonchev–Trinajstić information content (AvgIpc) is 2.88. The van der Waals surface area contributed by atoms with Crippen LogP contribution in [-0.2, 0) is 19.4 Å². The number of nitrogens with zero attached hydrogens (tertiary/aromatic N) is 3. The Kier molecular flexibility index (Phi) is 4.41. The molecule has 0 amide bonds. The summed E-state index contributed by atoms with van der Waals surface area (Å²) in [5, 5.41) is 9.30. The number of aliphatic hydroxyl groups is 1. The van der Waals surface area contributed by atoms with Crippen LogP contribution in [0.25, 0.3) is 0 Å². The van der Waals surface area contributed by atoms with Crippen molar-refractivity contribution >= 4 is 0 Å². The van der Waals surface area contributed by atoms with Crippen LogP contribution >= 0.6 is 0 Å². The molecule has 3 rings (SSSR count). The van der Waals surface area contributed by atoms with Crippen LogP contribution in [0, 0.1) is 11.8 Å². The molecule has 0 radical (unpaired) electrons. The van der Waals surface area contributed by atoms with Crippen molar-refractivity contribution in [1.82, 2.24) is 14.5 Å². The summed E-state index contributed by atoms with van der Waals surface area (Å²) in [5.41, 5.74) is 1.27. The molecule has 1 N–H and O–H groups in total. The van der Waals surface area contributed by atoms with E-state index in [2.05, 4.69) is 22.6 Å². The predicted molar refractivity (Wildman–Crippen MR) is 79.7 cm³/mol. The molecule has 4 nitrogen and oxygen atoms in total. The lowest BCUT2D eigenvalue weighted by atomic mass is 9.94. The maximum atomic E-state index is 9.30. The summed E-state index contributed by atoms with van der Waals surface area (Å²) in [6.45, 7) is 7.19. The van der Waals surface area contributed by atoms with Crippen molar-refractivity contribution in [2.24, 2.45) is 11.8 Å². The molecule has 4 heteroatoms. The first-order valence-corrected chi connectivity index (χ1v) is 8.16. The summed E-state index contributed by atoms with van der Waals surface area (Å²) >= 11 is 0. The van der Waals surface area contributed by atoms with Gasteiger partial charge in [-0.1, -0.05) is 6.92 Å². The van der Waals surface area contributed by atoms with Crippen molar-refractivity contribution in [1.29, 1.82) is 0 Å². The van der Waals surface area contributed by atoms with Crippen molar-refractivity contribution in [3.8, 4) is 0 Å². The number of aromatic nitrogens is 2. The van der Waals surface area contributed by atoms with E-state index in [-0.39, 0.29) is 0 Å². The fraction of sp³-hybridized carbons (Fsp3) is 0.812. The van der Waals surface area contributed by atoms with E-state index in [9.17, 15) is 5.11 Å². The minimum atomic E-state index is 0.307. The lowest BCUT2D eigenvalue weighted by Gasteiger charge is -2.31. The van der Waals surface area contributed by atoms with Gasteiger partial charge >= 0.3 is 0 Å². The summed E-state index contributed by atoms with van der Waals surface area (Å²) in [7, 11) is 0. The fourth-order valence-electron chi connectivity index (χ4n) is 3.72. The van der Waals surface area contributed by atoms with Crippen LogP contribution in [0.3, 0.4) is 0 Å². The third-order valence-corrected chi connectivity index (χ3v) is 4.95. The molecule has 2 unspecified atom stereocenters. The van der Waals surface area contributed by atoms with Crippen molar-refractivity contribution in [2.45, 2.75) is 45.6 Å². The Morgan fingerprint density at radius 3 is 3.00 bits per heavy atom. The summed E-state index contributed by atoms with van der Waals surface area (Å²) in [5.74, 6) is 2.43. The SMILES string of the molecule is CCN1CCCC(Cc2cn3c(n2)CCC(CO)C3)C1. The Morgan fingerprint density at radius 1 is 1.30 bits per heavy atom. The second-order valence-corrected chi connectivity index (χ2v) is 6.49. The van der Waals surface area contributed by atoms with Crippen molar-refractivity contribution in [3.63, 3.8) is 0 Å². The molecular formula is C16H27N3O. The zero-order valence-electron chi connectivity index (χ0n) is 12.6. The number of aryl methyl sites for hydroxylation is 1. The first-order chi connectivity index (χ1) is 9.78. The van der Waals surface area contributed by atoms with Gasteiger partial charge in [0.25, 0.3) is 0 Å². The Bertz CT molecular complexity index is 443. The quantitative estimate of drug-likeness (QED) is 0.911. The van der Waals surface area contributed by atoms with E-state index in [0.29, 0.717) is 12.5 Å². The highest BCUT2D eigenvalue weighted by atomic mass is 16.3. The van der Waals surface area contributed by atoms with Crippen LogP contribution in [0.2, 0.25) is 0 Å². The number of piperidine rings is 1. The number of rotatable bonds is 4. The molecule has 0 bridgehead atoms. The van der Waals surface area contributed by atoms with Gasteiger partial charge in [0.2, 0.25) is 0 Å². The molecule has 0 spiro atoms. The molecule has 1 aromatic heterocycles. The highest BCUT2D eigenvalue weighted by Crippen LogP contribution is 2.23. The summed E-state index contributed by atoms with van der Waals surface area (Å²) in [6, 6.07) is 0. The van der Waals surface area contributed by atoms with Crippen molar-refractivity contribution < 1.29 is 5.11 Å². The smallest absolute Gasteiger partial charge is 0.108 e. The molecule has 2 atom stereocenters. The lowest BCUT2D eigenvalue weighted by Crippen LogP contribution is -2.35. The van der Waals surface area contributed by atoms with E-state index >= 15 is 0 Å². The molecule has 3 heterocycles. The monoisotopic (exact) mass is 277 g/mol. The van der Waals surface area contributed by atoms with Gasteiger partial charge in [-0.25, -0.2) is 4.98 Å². The number of imidazole rings is 1. The van der Waals surface area contributed by atoms with E-state index in [4.69, 9.17) is 4.98 Å². The molecule has 0 aliphatic carbocycles. The molecule has 0 aromatic carbocycles. The number of aliphatic hydroxyl groups excluding tert-OH is 1. The normalized spacial score (nSPS) is 27.5. The van der Waals surface area contributed by atoms with Gasteiger partial charge in [0, 0.05) is 38.2 Å². The molecule has 1 aromatic rings. The summed E-state index contributed by atoms with van der Waals surface area (Å²) in [4.78, 5) is 7.39. The Labute approximate surface area is 121 Å². The number of hydrogen-bond donors (Lipinski definition) is 1. The van der Waals surface area contributed by atoms with E-state index in [0.717, 1.165) is 31.7 Å². The second-order valence-electron chi connectivity index (χ2n) is 6.49. The topological polar surface area (TPSA) is 41.3 Å². The average molecular weight is 277 g/mol. The van der Waals surface area contributed by atoms with E-state index in [1.54, 1.807) is 0 Å². The van der Waals surface area contributed by atoms with Gasteiger partial charge in [-0.05, 0) is 44.7 Å². The first-order valence-electron chi connectivity index (χ1n) is 8.16. The predicted octanol–water partition coefficient (Wildman–Crippen LogP) is 1.71. The van der Waals surface area contributed by atoms with Gasteiger partial charge in [-0.2, -0.15) is 0 Å². The van der Waals surface area contributed by atoms with Gasteiger partial charge in [0.15, 0.2) is 0 Å².